The van der Waals surface area contributed by atoms with E-state index in [-0.39, 0.29) is 0 Å². The van der Waals surface area contributed by atoms with Crippen LogP contribution in [-0.4, -0.2) is 25.4 Å². The zero-order chi connectivity index (χ0) is 13.7. The van der Waals surface area contributed by atoms with Gasteiger partial charge in [-0.1, -0.05) is 24.3 Å². The van der Waals surface area contributed by atoms with Gasteiger partial charge in [0.15, 0.2) is 0 Å². The molecular formula is C16H25NO2. The molecule has 1 fully saturated rings. The summed E-state index contributed by atoms with van der Waals surface area (Å²) in [4.78, 5) is 0. The number of ether oxygens (including phenoxy) is 2. The van der Waals surface area contributed by atoms with Crippen LogP contribution in [0.2, 0.25) is 0 Å². The molecule has 3 heteroatoms. The third-order valence-electron chi connectivity index (χ3n) is 3.51. The van der Waals surface area contributed by atoms with Crippen LogP contribution in [-0.2, 0) is 22.6 Å². The van der Waals surface area contributed by atoms with Gasteiger partial charge in [0, 0.05) is 6.54 Å². The van der Waals surface area contributed by atoms with Crippen LogP contribution in [0.5, 0.6) is 0 Å². The van der Waals surface area contributed by atoms with E-state index in [4.69, 9.17) is 9.47 Å². The Morgan fingerprint density at radius 3 is 2.58 bits per heavy atom. The van der Waals surface area contributed by atoms with Gasteiger partial charge in [-0.25, -0.2) is 0 Å². The average molecular weight is 263 g/mol. The molecule has 19 heavy (non-hydrogen) atoms. The van der Waals surface area contributed by atoms with Gasteiger partial charge in [0.25, 0.3) is 0 Å². The minimum atomic E-state index is 0.310. The van der Waals surface area contributed by atoms with E-state index in [0.717, 1.165) is 19.4 Å². The van der Waals surface area contributed by atoms with Crippen molar-refractivity contribution in [1.29, 1.82) is 0 Å². The Balaban J connectivity index is 1.86. The van der Waals surface area contributed by atoms with Crippen molar-refractivity contribution in [2.75, 3.05) is 7.05 Å². The molecule has 1 aromatic carbocycles. The van der Waals surface area contributed by atoms with E-state index in [1.165, 1.54) is 11.1 Å². The monoisotopic (exact) mass is 263 g/mol. The fourth-order valence-corrected chi connectivity index (χ4v) is 2.73. The second kappa shape index (κ2) is 7.04. The molecule has 2 rings (SSSR count). The van der Waals surface area contributed by atoms with Gasteiger partial charge >= 0.3 is 0 Å². The third-order valence-corrected chi connectivity index (χ3v) is 3.51. The van der Waals surface area contributed by atoms with E-state index in [9.17, 15) is 0 Å². The van der Waals surface area contributed by atoms with Gasteiger partial charge in [0.1, 0.15) is 0 Å². The first-order valence-corrected chi connectivity index (χ1v) is 7.17. The molecule has 3 nitrogen and oxygen atoms in total. The van der Waals surface area contributed by atoms with E-state index in [1.807, 2.05) is 7.05 Å². The van der Waals surface area contributed by atoms with E-state index in [2.05, 4.69) is 43.4 Å². The molecule has 2 atom stereocenters. The fraction of sp³-hybridized carbons (Fsp3) is 0.625. The Morgan fingerprint density at radius 2 is 1.89 bits per heavy atom. The predicted molar refractivity (Wildman–Crippen MR) is 77.0 cm³/mol. The minimum Gasteiger partial charge on any atom is -0.375 e. The molecule has 1 N–H and O–H groups in total. The summed E-state index contributed by atoms with van der Waals surface area (Å²) in [6, 6.07) is 8.58. The van der Waals surface area contributed by atoms with Gasteiger partial charge in [-0.15, -0.1) is 0 Å². The van der Waals surface area contributed by atoms with Crippen molar-refractivity contribution >= 4 is 0 Å². The highest BCUT2D eigenvalue weighted by molar-refractivity contribution is 5.22. The van der Waals surface area contributed by atoms with Crippen molar-refractivity contribution in [3.05, 3.63) is 35.4 Å². The molecule has 1 heterocycles. The van der Waals surface area contributed by atoms with E-state index in [1.54, 1.807) is 0 Å². The molecule has 1 saturated heterocycles. The molecule has 0 bridgehead atoms. The average Bonchev–Trinajstić information content (AvgIpc) is 2.36. The second-order valence-electron chi connectivity index (χ2n) is 5.51. The molecule has 2 unspecified atom stereocenters. The second-order valence-corrected chi connectivity index (χ2v) is 5.51. The van der Waals surface area contributed by atoms with Crippen molar-refractivity contribution in [2.24, 2.45) is 0 Å². The topological polar surface area (TPSA) is 30.5 Å². The lowest BCUT2D eigenvalue weighted by Gasteiger charge is -2.32. The maximum absolute atomic E-state index is 6.04. The Bertz CT molecular complexity index is 384. The lowest BCUT2D eigenvalue weighted by molar-refractivity contribution is -0.106. The number of hydrogen-bond donors (Lipinski definition) is 1. The molecule has 1 aromatic rings. The summed E-state index contributed by atoms with van der Waals surface area (Å²) in [6.07, 6.45) is 2.95. The zero-order valence-corrected chi connectivity index (χ0v) is 12.2. The number of benzene rings is 1. The number of hydrogen-bond acceptors (Lipinski definition) is 3. The van der Waals surface area contributed by atoms with Crippen molar-refractivity contribution in [3.63, 3.8) is 0 Å². The molecule has 0 saturated carbocycles. The van der Waals surface area contributed by atoms with Crippen molar-refractivity contribution in [2.45, 2.75) is 58.2 Å². The van der Waals surface area contributed by atoms with Gasteiger partial charge in [-0.05, 0) is 44.9 Å². The van der Waals surface area contributed by atoms with Crippen molar-refractivity contribution in [1.82, 2.24) is 5.32 Å². The summed E-state index contributed by atoms with van der Waals surface area (Å²) in [6.45, 7) is 5.85. The lowest BCUT2D eigenvalue weighted by Crippen LogP contribution is -2.33. The number of rotatable bonds is 5. The summed E-state index contributed by atoms with van der Waals surface area (Å²) in [5.74, 6) is 0. The summed E-state index contributed by atoms with van der Waals surface area (Å²) >= 11 is 0. The van der Waals surface area contributed by atoms with Crippen LogP contribution in [0.4, 0.5) is 0 Å². The van der Waals surface area contributed by atoms with Gasteiger partial charge in [-0.3, -0.25) is 0 Å². The normalized spacial score (nSPS) is 27.4. The first kappa shape index (κ1) is 14.5. The molecule has 0 radical (unpaired) electrons. The Kier molecular flexibility index (Phi) is 5.37. The Hall–Kier alpha value is -0.900. The molecule has 1 aliphatic heterocycles. The predicted octanol–water partition coefficient (Wildman–Crippen LogP) is 2.88. The quantitative estimate of drug-likeness (QED) is 0.886. The van der Waals surface area contributed by atoms with Crippen LogP contribution < -0.4 is 5.32 Å². The van der Waals surface area contributed by atoms with Crippen LogP contribution in [0.15, 0.2) is 24.3 Å². The third kappa shape index (κ3) is 4.60. The molecule has 0 aliphatic carbocycles. The molecule has 106 valence electrons. The molecule has 0 aromatic heterocycles. The van der Waals surface area contributed by atoms with Crippen molar-refractivity contribution < 1.29 is 9.47 Å². The number of nitrogens with one attached hydrogen (secondary N) is 1. The van der Waals surface area contributed by atoms with Crippen LogP contribution in [0.25, 0.3) is 0 Å². The van der Waals surface area contributed by atoms with Gasteiger partial charge in [0.2, 0.25) is 0 Å². The smallest absolute Gasteiger partial charge is 0.0720 e. The Labute approximate surface area is 116 Å². The van der Waals surface area contributed by atoms with E-state index in [0.29, 0.717) is 24.9 Å². The SMILES string of the molecule is CNCc1cccc(COC2CC(C)OC(C)C2)c1. The lowest BCUT2D eigenvalue weighted by atomic mass is 10.0. The van der Waals surface area contributed by atoms with Gasteiger partial charge < -0.3 is 14.8 Å². The van der Waals surface area contributed by atoms with Crippen LogP contribution in [0.3, 0.4) is 0 Å². The highest BCUT2D eigenvalue weighted by Crippen LogP contribution is 2.22. The van der Waals surface area contributed by atoms with Crippen LogP contribution in [0.1, 0.15) is 37.8 Å². The summed E-state index contributed by atoms with van der Waals surface area (Å²) in [7, 11) is 1.97. The summed E-state index contributed by atoms with van der Waals surface area (Å²) in [5, 5.41) is 3.17. The highest BCUT2D eigenvalue weighted by atomic mass is 16.5. The standard InChI is InChI=1S/C16H25NO2/c1-12-7-16(8-13(2)19-12)18-11-15-6-4-5-14(9-15)10-17-3/h4-6,9,12-13,16-17H,7-8,10-11H2,1-3H3. The first-order valence-electron chi connectivity index (χ1n) is 7.17. The largest absolute Gasteiger partial charge is 0.375 e. The van der Waals surface area contributed by atoms with Crippen LogP contribution >= 0.6 is 0 Å². The van der Waals surface area contributed by atoms with Gasteiger partial charge in [-0.2, -0.15) is 0 Å². The fourth-order valence-electron chi connectivity index (χ4n) is 2.73. The van der Waals surface area contributed by atoms with Crippen molar-refractivity contribution in [3.8, 4) is 0 Å². The zero-order valence-electron chi connectivity index (χ0n) is 12.2. The molecule has 1 aliphatic rings. The maximum Gasteiger partial charge on any atom is 0.0720 e. The van der Waals surface area contributed by atoms with E-state index >= 15 is 0 Å². The first-order chi connectivity index (χ1) is 9.17. The summed E-state index contributed by atoms with van der Waals surface area (Å²) < 4.78 is 11.8. The van der Waals surface area contributed by atoms with Gasteiger partial charge in [0.05, 0.1) is 24.9 Å². The van der Waals surface area contributed by atoms with Crippen LogP contribution in [0, 0.1) is 0 Å². The Morgan fingerprint density at radius 1 is 1.21 bits per heavy atom. The minimum absolute atomic E-state index is 0.310. The molecular weight excluding hydrogens is 238 g/mol. The van der Waals surface area contributed by atoms with E-state index < -0.39 is 0 Å². The molecule has 0 spiro atoms. The molecule has 0 amide bonds. The highest BCUT2D eigenvalue weighted by Gasteiger charge is 2.24. The summed E-state index contributed by atoms with van der Waals surface area (Å²) in [5.41, 5.74) is 2.55. The maximum atomic E-state index is 6.04.